The van der Waals surface area contributed by atoms with E-state index in [9.17, 15) is 19.2 Å². The molecule has 21 N–H and O–H groups in total. The number of amides is 8. The van der Waals surface area contributed by atoms with Crippen LogP contribution in [0.15, 0.2) is 127 Å². The summed E-state index contributed by atoms with van der Waals surface area (Å²) in [4.78, 5) is 134. The molecule has 0 unspecified atom stereocenters. The first-order valence-corrected chi connectivity index (χ1v) is 31.8. The lowest BCUT2D eigenvalue weighted by Gasteiger charge is -2.30. The van der Waals surface area contributed by atoms with Crippen molar-refractivity contribution in [2.24, 2.45) is 45.5 Å². The number of H-pyrrole nitrogens is 4. The van der Waals surface area contributed by atoms with Crippen molar-refractivity contribution in [2.45, 2.75) is 147 Å². The van der Waals surface area contributed by atoms with Crippen LogP contribution in [0.25, 0.3) is 43.6 Å². The van der Waals surface area contributed by atoms with Crippen LogP contribution in [0.5, 0.6) is 0 Å². The van der Waals surface area contributed by atoms with E-state index in [2.05, 4.69) is 62.1 Å². The molecule has 0 radical (unpaired) electrons. The molecule has 25 heteroatoms. The fourth-order valence-electron chi connectivity index (χ4n) is 11.6. The highest BCUT2D eigenvalue weighted by Gasteiger charge is 2.37. The molecule has 9 atom stereocenters. The number of nitrogens with one attached hydrogen (secondary N) is 11. The standard InChI is InChI=1S/C68H89N17O8/c1-5-39(4)59(85-62(88)53(26-14-15-27-69)79-61(87)48(70)21-16-28-74-68(72)73)67(93)84-58(33-43-37-78-52-25-13-9-20-47(43)52)66(92)83-57(32-42-36-77-51-24-12-8-19-46(42)51)65(91)82-56(31-41-35-76-50-23-11-7-18-45(41)50)64(90)81-55(63(89)80-54(60(71)86)29-38(2)3)30-40-34-75-49-22-10-6-17-44(40)49/h6-13,17-20,22-25,34-39,48,53-59,75-78H,5,14-16,21,26-33,69-70H2,1-4H3,(H2,71,86)(H,79,87)(H,80,89)(H,81,90)(H,82,91)(H,83,92)(H,84,93)(H,85,88)(H4,72,73,74)/t39-,48-,53-,54-,55-,56-,57-,58-,59-/m0/s1. The van der Waals surface area contributed by atoms with Gasteiger partial charge in [-0.1, -0.05) is 107 Å². The van der Waals surface area contributed by atoms with E-state index >= 15 is 19.2 Å². The summed E-state index contributed by atoms with van der Waals surface area (Å²) in [5.41, 5.74) is 34.6. The predicted molar refractivity (Wildman–Crippen MR) is 360 cm³/mol. The van der Waals surface area contributed by atoms with E-state index in [1.807, 2.05) is 118 Å². The Kier molecular flexibility index (Phi) is 24.3. The van der Waals surface area contributed by atoms with Crippen molar-refractivity contribution in [3.8, 4) is 0 Å². The zero-order chi connectivity index (χ0) is 66.7. The molecule has 0 spiro atoms. The molecule has 0 aliphatic heterocycles. The second-order valence-corrected chi connectivity index (χ2v) is 24.4. The van der Waals surface area contributed by atoms with Crippen LogP contribution in [0.1, 0.15) is 94.9 Å². The first kappa shape index (κ1) is 68.9. The van der Waals surface area contributed by atoms with E-state index in [1.54, 1.807) is 31.7 Å². The number of unbranched alkanes of at least 4 members (excludes halogenated alkanes) is 1. The third-order valence-electron chi connectivity index (χ3n) is 17.0. The zero-order valence-corrected chi connectivity index (χ0v) is 53.1. The van der Waals surface area contributed by atoms with Gasteiger partial charge in [-0.2, -0.15) is 0 Å². The van der Waals surface area contributed by atoms with Gasteiger partial charge in [-0.05, 0) is 103 Å². The lowest BCUT2D eigenvalue weighted by Crippen LogP contribution is -2.61. The molecule has 0 aliphatic carbocycles. The fourth-order valence-corrected chi connectivity index (χ4v) is 11.6. The molecule has 25 nitrogen and oxygen atoms in total. The molecule has 0 saturated heterocycles. The number of hydrogen-bond donors (Lipinski definition) is 16. The van der Waals surface area contributed by atoms with Gasteiger partial charge in [0.05, 0.1) is 6.04 Å². The number of aliphatic imine (C=N–C) groups is 1. The molecule has 8 aromatic rings. The van der Waals surface area contributed by atoms with Gasteiger partial charge in [-0.3, -0.25) is 43.3 Å². The summed E-state index contributed by atoms with van der Waals surface area (Å²) < 4.78 is 0. The summed E-state index contributed by atoms with van der Waals surface area (Å²) in [6, 6.07) is 19.9. The SMILES string of the molecule is CC[C@H](C)[C@H](NC(=O)[C@H](CCCCN)NC(=O)[C@@H](N)CCCN=C(N)N)C(=O)N[C@@H](Cc1c[nH]c2ccccc12)C(=O)N[C@@H](Cc1c[nH]c2ccccc12)C(=O)N[C@@H](Cc1c[nH]c2ccccc12)C(=O)N[C@@H](Cc1c[nH]c2ccccc12)C(=O)N[C@@H](CC(C)C)C(N)=O. The smallest absolute Gasteiger partial charge is 0.243 e. The Morgan fingerprint density at radius 1 is 0.441 bits per heavy atom. The predicted octanol–water partition coefficient (Wildman–Crippen LogP) is 3.36. The van der Waals surface area contributed by atoms with Crippen molar-refractivity contribution in [1.29, 1.82) is 0 Å². The van der Waals surface area contributed by atoms with Crippen LogP contribution in [0, 0.1) is 11.8 Å². The molecule has 8 rings (SSSR count). The van der Waals surface area contributed by atoms with Gasteiger partial charge >= 0.3 is 0 Å². The largest absolute Gasteiger partial charge is 0.370 e. The van der Waals surface area contributed by atoms with Crippen LogP contribution in [0.4, 0.5) is 0 Å². The minimum atomic E-state index is -1.43. The normalized spacial score (nSPS) is 14.4. The number of aromatic nitrogens is 4. The summed E-state index contributed by atoms with van der Waals surface area (Å²) in [6.07, 6.45) is 9.06. The third-order valence-corrected chi connectivity index (χ3v) is 17.0. The number of para-hydroxylation sites is 4. The Hall–Kier alpha value is -10.0. The molecule has 93 heavy (non-hydrogen) atoms. The lowest BCUT2D eigenvalue weighted by atomic mass is 9.96. The van der Waals surface area contributed by atoms with Gasteiger partial charge in [0.15, 0.2) is 5.96 Å². The quantitative estimate of drug-likeness (QED) is 0.0155. The van der Waals surface area contributed by atoms with Gasteiger partial charge in [0.2, 0.25) is 47.3 Å². The molecule has 0 saturated carbocycles. The Morgan fingerprint density at radius 2 is 0.796 bits per heavy atom. The Morgan fingerprint density at radius 3 is 1.15 bits per heavy atom. The zero-order valence-electron chi connectivity index (χ0n) is 53.1. The number of nitrogens with two attached hydrogens (primary N) is 5. The van der Waals surface area contributed by atoms with E-state index < -0.39 is 102 Å². The molecular formula is C68H89N17O8. The first-order valence-electron chi connectivity index (χ1n) is 31.8. The van der Waals surface area contributed by atoms with Crippen molar-refractivity contribution < 1.29 is 38.4 Å². The Balaban J connectivity index is 1.13. The number of fused-ring (bicyclic) bond motifs is 4. The van der Waals surface area contributed by atoms with Crippen molar-refractivity contribution in [3.63, 3.8) is 0 Å². The monoisotopic (exact) mass is 1270 g/mol. The van der Waals surface area contributed by atoms with Crippen LogP contribution in [0.2, 0.25) is 0 Å². The number of aromatic amines is 4. The number of hydrogen-bond acceptors (Lipinski definition) is 11. The maximum absolute atomic E-state index is 15.6. The summed E-state index contributed by atoms with van der Waals surface area (Å²) in [5, 5.41) is 23.4. The van der Waals surface area contributed by atoms with Crippen molar-refractivity contribution in [1.82, 2.24) is 57.2 Å². The van der Waals surface area contributed by atoms with Gasteiger partial charge in [-0.15, -0.1) is 0 Å². The molecule has 494 valence electrons. The Labute approximate surface area is 539 Å². The molecule has 0 fully saturated rings. The molecule has 8 amide bonds. The fraction of sp³-hybridized carbons (Fsp3) is 0.397. The molecule has 4 heterocycles. The summed E-state index contributed by atoms with van der Waals surface area (Å²) in [6.45, 7) is 7.99. The summed E-state index contributed by atoms with van der Waals surface area (Å²) in [5.74, 6) is -6.33. The van der Waals surface area contributed by atoms with Crippen LogP contribution < -0.4 is 65.9 Å². The highest BCUT2D eigenvalue weighted by molar-refractivity contribution is 6.00. The number of guanidine groups is 1. The number of carbonyl (C=O) groups is 8. The molecule has 4 aromatic carbocycles. The third kappa shape index (κ3) is 18.6. The van der Waals surface area contributed by atoms with Crippen LogP contribution >= 0.6 is 0 Å². The van der Waals surface area contributed by atoms with E-state index in [4.69, 9.17) is 28.7 Å². The molecule has 0 aliphatic rings. The van der Waals surface area contributed by atoms with E-state index in [-0.39, 0.29) is 63.4 Å². The van der Waals surface area contributed by atoms with Crippen molar-refractivity contribution in [2.75, 3.05) is 13.1 Å². The lowest BCUT2D eigenvalue weighted by molar-refractivity contribution is -0.136. The average Bonchev–Trinajstić information content (AvgIpc) is 1.90. The first-order chi connectivity index (χ1) is 44.7. The van der Waals surface area contributed by atoms with Gasteiger partial charge in [0.25, 0.3) is 0 Å². The summed E-state index contributed by atoms with van der Waals surface area (Å²) >= 11 is 0. The maximum Gasteiger partial charge on any atom is 0.243 e. The van der Waals surface area contributed by atoms with E-state index in [0.717, 1.165) is 43.6 Å². The van der Waals surface area contributed by atoms with Crippen molar-refractivity contribution in [3.05, 3.63) is 144 Å². The van der Waals surface area contributed by atoms with Gasteiger partial charge in [0, 0.05) is 101 Å². The second-order valence-electron chi connectivity index (χ2n) is 24.4. The molecule has 0 bridgehead atoms. The van der Waals surface area contributed by atoms with E-state index in [1.165, 1.54) is 0 Å². The van der Waals surface area contributed by atoms with Crippen LogP contribution in [0.3, 0.4) is 0 Å². The highest BCUT2D eigenvalue weighted by Crippen LogP contribution is 2.25. The van der Waals surface area contributed by atoms with Crippen LogP contribution in [-0.4, -0.2) is 135 Å². The number of nitrogens with zero attached hydrogens (tertiary/aromatic N) is 1. The summed E-state index contributed by atoms with van der Waals surface area (Å²) in [7, 11) is 0. The maximum atomic E-state index is 15.6. The van der Waals surface area contributed by atoms with Crippen molar-refractivity contribution >= 4 is 96.8 Å². The number of benzene rings is 4. The number of primary amides is 1. The van der Waals surface area contributed by atoms with Gasteiger partial charge in [0.1, 0.15) is 42.3 Å². The van der Waals surface area contributed by atoms with Gasteiger partial charge < -0.3 is 85.8 Å². The minimum absolute atomic E-state index is 0.0306. The highest BCUT2D eigenvalue weighted by atomic mass is 16.2. The molecular weight excluding hydrogens is 1180 g/mol. The Bertz CT molecular complexity index is 3920. The second kappa shape index (κ2) is 32.8. The average molecular weight is 1270 g/mol. The minimum Gasteiger partial charge on any atom is -0.370 e. The number of rotatable bonds is 35. The van der Waals surface area contributed by atoms with E-state index in [0.29, 0.717) is 54.5 Å². The molecule has 4 aromatic heterocycles. The van der Waals surface area contributed by atoms with Gasteiger partial charge in [-0.25, -0.2) is 0 Å². The van der Waals surface area contributed by atoms with Crippen LogP contribution in [-0.2, 0) is 64.0 Å². The number of carbonyl (C=O) groups excluding carboxylic acids is 8. The topological polar surface area (TPSA) is 426 Å².